The van der Waals surface area contributed by atoms with E-state index in [0.29, 0.717) is 0 Å². The highest BCUT2D eigenvalue weighted by atomic mass is 79.9. The van der Waals surface area contributed by atoms with E-state index in [4.69, 9.17) is 0 Å². The van der Waals surface area contributed by atoms with Crippen molar-refractivity contribution in [3.8, 4) is 0 Å². The number of hydrogen-bond acceptors (Lipinski definition) is 2. The number of nitrogens with one attached hydrogen (secondary N) is 2. The molecule has 2 rings (SSSR count). The molecule has 0 atom stereocenters. The maximum Gasteiger partial charge on any atom is 0.0922 e. The van der Waals surface area contributed by atoms with Crippen LogP contribution in [0.15, 0.2) is 41.3 Å². The number of H-pyrrole nitrogens is 1. The van der Waals surface area contributed by atoms with Crippen LogP contribution in [0.1, 0.15) is 11.3 Å². The van der Waals surface area contributed by atoms with Crippen molar-refractivity contribution in [3.05, 3.63) is 52.5 Å². The summed E-state index contributed by atoms with van der Waals surface area (Å²) in [7, 11) is 0. The largest absolute Gasteiger partial charge is 0.347 e. The Morgan fingerprint density at radius 1 is 1.27 bits per heavy atom. The van der Waals surface area contributed by atoms with E-state index in [2.05, 4.69) is 37.3 Å². The highest BCUT2D eigenvalue weighted by Gasteiger charge is 1.98. The monoisotopic (exact) mass is 265 g/mol. The van der Waals surface area contributed by atoms with Crippen LogP contribution in [0.4, 0.5) is 0 Å². The van der Waals surface area contributed by atoms with Gasteiger partial charge in [0, 0.05) is 29.5 Å². The third kappa shape index (κ3) is 2.91. The fourth-order valence-electron chi connectivity index (χ4n) is 1.35. The van der Waals surface area contributed by atoms with E-state index in [1.807, 2.05) is 24.4 Å². The predicted molar refractivity (Wildman–Crippen MR) is 63.3 cm³/mol. The van der Waals surface area contributed by atoms with E-state index in [0.717, 1.165) is 23.3 Å². The van der Waals surface area contributed by atoms with Crippen molar-refractivity contribution in [3.63, 3.8) is 0 Å². The lowest BCUT2D eigenvalue weighted by Crippen LogP contribution is -2.13. The molecular formula is C11H12BrN3. The number of imidazole rings is 1. The molecule has 2 aromatic rings. The predicted octanol–water partition coefficient (Wildman–Crippen LogP) is 2.46. The summed E-state index contributed by atoms with van der Waals surface area (Å²) in [5, 5.41) is 3.34. The van der Waals surface area contributed by atoms with Crippen LogP contribution in [-0.2, 0) is 13.1 Å². The lowest BCUT2D eigenvalue weighted by atomic mass is 10.2. The normalized spacial score (nSPS) is 10.5. The number of aromatic amines is 1. The molecule has 15 heavy (non-hydrogen) atoms. The molecule has 0 unspecified atom stereocenters. The fourth-order valence-corrected chi connectivity index (χ4v) is 1.78. The van der Waals surface area contributed by atoms with Gasteiger partial charge in [-0.3, -0.25) is 0 Å². The van der Waals surface area contributed by atoms with Gasteiger partial charge in [-0.25, -0.2) is 4.98 Å². The maximum atomic E-state index is 3.96. The van der Waals surface area contributed by atoms with Crippen LogP contribution in [0.3, 0.4) is 0 Å². The lowest BCUT2D eigenvalue weighted by Gasteiger charge is -2.05. The smallest absolute Gasteiger partial charge is 0.0922 e. The summed E-state index contributed by atoms with van der Waals surface area (Å²) in [4.78, 5) is 7.01. The Morgan fingerprint density at radius 2 is 2.13 bits per heavy atom. The Balaban J connectivity index is 1.86. The van der Waals surface area contributed by atoms with Crippen LogP contribution in [0.5, 0.6) is 0 Å². The van der Waals surface area contributed by atoms with Crippen molar-refractivity contribution in [1.82, 2.24) is 15.3 Å². The van der Waals surface area contributed by atoms with Crippen molar-refractivity contribution < 1.29 is 0 Å². The zero-order valence-electron chi connectivity index (χ0n) is 8.20. The number of nitrogens with zero attached hydrogens (tertiary/aromatic N) is 1. The summed E-state index contributed by atoms with van der Waals surface area (Å²) in [6, 6.07) is 8.21. The third-order valence-electron chi connectivity index (χ3n) is 2.14. The fraction of sp³-hybridized carbons (Fsp3) is 0.182. The second-order valence-electron chi connectivity index (χ2n) is 3.27. The second-order valence-corrected chi connectivity index (χ2v) is 4.13. The van der Waals surface area contributed by atoms with Gasteiger partial charge in [0.2, 0.25) is 0 Å². The molecule has 0 amide bonds. The first kappa shape index (κ1) is 10.4. The number of aromatic nitrogens is 2. The Hall–Kier alpha value is -1.13. The molecular weight excluding hydrogens is 254 g/mol. The molecule has 0 spiro atoms. The Kier molecular flexibility index (Phi) is 3.53. The second kappa shape index (κ2) is 5.09. The number of rotatable bonds is 4. The highest BCUT2D eigenvalue weighted by Crippen LogP contribution is 2.15. The average Bonchev–Trinajstić information content (AvgIpc) is 2.74. The third-order valence-corrected chi connectivity index (χ3v) is 2.92. The molecule has 0 aliphatic carbocycles. The van der Waals surface area contributed by atoms with Crippen LogP contribution < -0.4 is 5.32 Å². The minimum absolute atomic E-state index is 0.807. The van der Waals surface area contributed by atoms with Gasteiger partial charge in [-0.2, -0.15) is 0 Å². The van der Waals surface area contributed by atoms with Crippen molar-refractivity contribution in [2.24, 2.45) is 0 Å². The summed E-state index contributed by atoms with van der Waals surface area (Å²) < 4.78 is 1.14. The lowest BCUT2D eigenvalue weighted by molar-refractivity contribution is 0.680. The maximum absolute atomic E-state index is 3.96. The minimum atomic E-state index is 0.807. The standard InChI is InChI=1S/C11H12BrN3/c12-11-4-2-1-3-9(11)5-13-6-10-7-14-8-15-10/h1-4,7-8,13H,5-6H2,(H,14,15). The number of halogens is 1. The highest BCUT2D eigenvalue weighted by molar-refractivity contribution is 9.10. The van der Waals surface area contributed by atoms with E-state index in [9.17, 15) is 0 Å². The quantitative estimate of drug-likeness (QED) is 0.892. The topological polar surface area (TPSA) is 40.7 Å². The molecule has 78 valence electrons. The molecule has 0 radical (unpaired) electrons. The molecule has 2 N–H and O–H groups in total. The van der Waals surface area contributed by atoms with E-state index in [-0.39, 0.29) is 0 Å². The van der Waals surface area contributed by atoms with Crippen molar-refractivity contribution in [2.75, 3.05) is 0 Å². The van der Waals surface area contributed by atoms with E-state index >= 15 is 0 Å². The van der Waals surface area contributed by atoms with Crippen molar-refractivity contribution in [1.29, 1.82) is 0 Å². The van der Waals surface area contributed by atoms with E-state index < -0.39 is 0 Å². The Labute approximate surface area is 97.1 Å². The molecule has 1 aromatic carbocycles. The van der Waals surface area contributed by atoms with Gasteiger partial charge >= 0.3 is 0 Å². The molecule has 0 saturated carbocycles. The van der Waals surface area contributed by atoms with Crippen molar-refractivity contribution >= 4 is 15.9 Å². The summed E-state index contributed by atoms with van der Waals surface area (Å²) >= 11 is 3.52. The Bertz CT molecular complexity index is 412. The van der Waals surface area contributed by atoms with Gasteiger partial charge in [0.15, 0.2) is 0 Å². The van der Waals surface area contributed by atoms with Gasteiger partial charge in [-0.15, -0.1) is 0 Å². The van der Waals surface area contributed by atoms with Gasteiger partial charge in [-0.1, -0.05) is 34.1 Å². The van der Waals surface area contributed by atoms with Crippen LogP contribution in [0, 0.1) is 0 Å². The van der Waals surface area contributed by atoms with E-state index in [1.54, 1.807) is 6.33 Å². The molecule has 1 heterocycles. The first-order valence-corrected chi connectivity index (χ1v) is 5.57. The van der Waals surface area contributed by atoms with Crippen molar-refractivity contribution in [2.45, 2.75) is 13.1 Å². The van der Waals surface area contributed by atoms with Gasteiger partial charge in [0.25, 0.3) is 0 Å². The van der Waals surface area contributed by atoms with Gasteiger partial charge in [-0.05, 0) is 11.6 Å². The molecule has 0 bridgehead atoms. The zero-order chi connectivity index (χ0) is 10.5. The summed E-state index contributed by atoms with van der Waals surface area (Å²) in [6.07, 6.45) is 3.52. The van der Waals surface area contributed by atoms with Crippen LogP contribution in [-0.4, -0.2) is 9.97 Å². The molecule has 4 heteroatoms. The average molecular weight is 266 g/mol. The summed E-state index contributed by atoms with van der Waals surface area (Å²) in [6.45, 7) is 1.65. The van der Waals surface area contributed by atoms with Crippen LogP contribution in [0.2, 0.25) is 0 Å². The molecule has 0 fully saturated rings. The van der Waals surface area contributed by atoms with E-state index in [1.165, 1.54) is 5.56 Å². The summed E-state index contributed by atoms with van der Waals surface area (Å²) in [5.41, 5.74) is 2.36. The van der Waals surface area contributed by atoms with Gasteiger partial charge in [0.05, 0.1) is 6.33 Å². The molecule has 0 aliphatic rings. The SMILES string of the molecule is Brc1ccccc1CNCc1cnc[nH]1. The first-order chi connectivity index (χ1) is 7.36. The summed E-state index contributed by atoms with van der Waals surface area (Å²) in [5.74, 6) is 0. The van der Waals surface area contributed by atoms with Gasteiger partial charge < -0.3 is 10.3 Å². The molecule has 3 nitrogen and oxygen atoms in total. The first-order valence-electron chi connectivity index (χ1n) is 4.77. The number of hydrogen-bond donors (Lipinski definition) is 2. The minimum Gasteiger partial charge on any atom is -0.347 e. The number of benzene rings is 1. The Morgan fingerprint density at radius 3 is 2.87 bits per heavy atom. The van der Waals surface area contributed by atoms with Crippen LogP contribution >= 0.6 is 15.9 Å². The molecule has 1 aromatic heterocycles. The molecule has 0 saturated heterocycles. The van der Waals surface area contributed by atoms with Crippen LogP contribution in [0.25, 0.3) is 0 Å². The van der Waals surface area contributed by atoms with Gasteiger partial charge in [0.1, 0.15) is 0 Å². The molecule has 0 aliphatic heterocycles. The zero-order valence-corrected chi connectivity index (χ0v) is 9.79.